The molecule has 2 aromatic carbocycles. The van der Waals surface area contributed by atoms with E-state index in [2.05, 4.69) is 26.4 Å². The van der Waals surface area contributed by atoms with Gasteiger partial charge in [0.15, 0.2) is 0 Å². The summed E-state index contributed by atoms with van der Waals surface area (Å²) in [5, 5.41) is 25.2. The first-order valence-corrected chi connectivity index (χ1v) is 12.3. The number of Topliss-reactive ketones (excluding diaryl/α,β-unsaturated/α-hetero) is 1. The summed E-state index contributed by atoms with van der Waals surface area (Å²) >= 11 is 0. The molecule has 2 aromatic rings. The van der Waals surface area contributed by atoms with E-state index < -0.39 is 30.2 Å². The predicted octanol–water partition coefficient (Wildman–Crippen LogP) is 2.56. The molecule has 3 atom stereocenters. The lowest BCUT2D eigenvalue weighted by atomic mass is 9.98. The third kappa shape index (κ3) is 8.71. The molecule has 3 rings (SSSR count). The lowest BCUT2D eigenvalue weighted by molar-refractivity contribution is -0.251. The van der Waals surface area contributed by atoms with Crippen molar-refractivity contribution in [2.75, 3.05) is 27.4 Å². The smallest absolute Gasteiger partial charge is 0.307 e. The summed E-state index contributed by atoms with van der Waals surface area (Å²) in [7, 11) is 2.84. The highest BCUT2D eigenvalue weighted by Gasteiger charge is 2.27. The molecule has 9 nitrogen and oxygen atoms in total. The van der Waals surface area contributed by atoms with Crippen LogP contribution in [-0.4, -0.2) is 68.5 Å². The number of aliphatic imine (C=N–C) groups is 1. The Kier molecular flexibility index (Phi) is 12.0. The Hall–Kier alpha value is -3.69. The van der Waals surface area contributed by atoms with Gasteiger partial charge in [-0.2, -0.15) is 0 Å². The lowest BCUT2D eigenvalue weighted by Crippen LogP contribution is -2.47. The van der Waals surface area contributed by atoms with Gasteiger partial charge in [0.2, 0.25) is 0 Å². The first kappa shape index (κ1) is 30.5. The summed E-state index contributed by atoms with van der Waals surface area (Å²) in [5.41, 5.74) is 4.40. The van der Waals surface area contributed by atoms with E-state index in [4.69, 9.17) is 4.74 Å². The highest BCUT2D eigenvalue weighted by molar-refractivity contribution is 5.82. The lowest BCUT2D eigenvalue weighted by Gasteiger charge is -2.24. The molecular weight excluding hydrogens is 488 g/mol. The highest BCUT2D eigenvalue weighted by Crippen LogP contribution is 2.44. The Morgan fingerprint density at radius 2 is 1.58 bits per heavy atom. The van der Waals surface area contributed by atoms with Gasteiger partial charge in [-0.05, 0) is 43.0 Å². The second-order valence-electron chi connectivity index (χ2n) is 9.01. The summed E-state index contributed by atoms with van der Waals surface area (Å²) in [5.74, 6) is -0.160. The van der Waals surface area contributed by atoms with Crippen LogP contribution in [0.2, 0.25) is 0 Å². The number of fused-ring (bicyclic) bond motifs is 3. The number of nitrogens with zero attached hydrogens (tertiary/aromatic N) is 1. The van der Waals surface area contributed by atoms with Crippen molar-refractivity contribution in [2.45, 2.75) is 51.3 Å². The van der Waals surface area contributed by atoms with Crippen LogP contribution in [-0.2, 0) is 23.8 Å². The van der Waals surface area contributed by atoms with Crippen LogP contribution in [0, 0.1) is 0 Å². The van der Waals surface area contributed by atoms with Crippen molar-refractivity contribution < 1.29 is 34.0 Å². The van der Waals surface area contributed by atoms with E-state index in [0.29, 0.717) is 0 Å². The number of rotatable bonds is 11. The number of aliphatic hydroxyl groups is 1. The number of benzene rings is 2. The third-order valence-corrected chi connectivity index (χ3v) is 6.10. The molecule has 0 saturated carbocycles. The molecule has 2 N–H and O–H groups in total. The molecule has 0 heterocycles. The summed E-state index contributed by atoms with van der Waals surface area (Å²) in [4.78, 5) is 27.5. The summed E-state index contributed by atoms with van der Waals surface area (Å²) in [6.07, 6.45) is -1.90. The molecule has 9 heteroatoms. The topological polar surface area (TPSA) is 130 Å². The minimum atomic E-state index is -0.935. The molecule has 206 valence electrons. The Morgan fingerprint density at radius 3 is 2.03 bits per heavy atom. The predicted molar refractivity (Wildman–Crippen MR) is 144 cm³/mol. The first-order valence-electron chi connectivity index (χ1n) is 12.3. The first-order chi connectivity index (χ1) is 18.1. The second kappa shape index (κ2) is 14.9. The fourth-order valence-corrected chi connectivity index (χ4v) is 4.14. The van der Waals surface area contributed by atoms with Crippen LogP contribution in [0.3, 0.4) is 0 Å². The maximum Gasteiger partial charge on any atom is 0.307 e. The molecule has 0 fully saturated rings. The minimum absolute atomic E-state index is 0.0223. The summed E-state index contributed by atoms with van der Waals surface area (Å²) in [6.45, 7) is 8.22. The van der Waals surface area contributed by atoms with Gasteiger partial charge in [0.25, 0.3) is 0 Å². The molecule has 0 radical (unpaired) electrons. The van der Waals surface area contributed by atoms with Gasteiger partial charge in [-0.25, -0.2) is 0 Å². The molecule has 0 spiro atoms. The minimum Gasteiger partial charge on any atom is -0.599 e. The number of carbonyl (C=O) groups excluding carboxylic acids is 2. The van der Waals surface area contributed by atoms with Gasteiger partial charge in [-0.1, -0.05) is 55.1 Å². The maximum atomic E-state index is 12.5. The fourth-order valence-electron chi connectivity index (χ4n) is 4.14. The van der Waals surface area contributed by atoms with E-state index in [9.17, 15) is 19.8 Å². The van der Waals surface area contributed by atoms with E-state index in [1.165, 1.54) is 21.0 Å². The number of carbonyl (C=O) groups is 2. The molecule has 0 bridgehead atoms. The van der Waals surface area contributed by atoms with E-state index >= 15 is 0 Å². The van der Waals surface area contributed by atoms with Crippen molar-refractivity contribution in [1.29, 1.82) is 0 Å². The van der Waals surface area contributed by atoms with Gasteiger partial charge in [-0.3, -0.25) is 14.6 Å². The molecule has 1 unspecified atom stereocenters. The van der Waals surface area contributed by atoms with Crippen molar-refractivity contribution in [3.63, 3.8) is 0 Å². The van der Waals surface area contributed by atoms with Crippen LogP contribution in [0.4, 0.5) is 0 Å². The molecule has 1 aliphatic carbocycles. The molecule has 1 aliphatic rings. The zero-order valence-electron chi connectivity index (χ0n) is 22.6. The van der Waals surface area contributed by atoms with E-state index in [1.807, 2.05) is 48.5 Å². The van der Waals surface area contributed by atoms with Crippen LogP contribution in [0.1, 0.15) is 44.2 Å². The van der Waals surface area contributed by atoms with Gasteiger partial charge >= 0.3 is 5.97 Å². The largest absolute Gasteiger partial charge is 0.599 e. The third-order valence-electron chi connectivity index (χ3n) is 6.10. The zero-order chi connectivity index (χ0) is 28.2. The molecule has 0 aliphatic heterocycles. The number of nitrogens with one attached hydrogen (secondary N) is 1. The Morgan fingerprint density at radius 1 is 1.05 bits per heavy atom. The van der Waals surface area contributed by atoms with Gasteiger partial charge in [0, 0.05) is 19.1 Å². The van der Waals surface area contributed by atoms with E-state index in [0.717, 1.165) is 28.0 Å². The second-order valence-corrected chi connectivity index (χ2v) is 9.01. The van der Waals surface area contributed by atoms with Gasteiger partial charge in [0.1, 0.15) is 11.9 Å². The number of aliphatic hydroxyl groups excluding tert-OH is 1. The van der Waals surface area contributed by atoms with Crippen molar-refractivity contribution in [1.82, 2.24) is 5.32 Å². The summed E-state index contributed by atoms with van der Waals surface area (Å²) < 4.78 is 14.7. The van der Waals surface area contributed by atoms with E-state index in [1.54, 1.807) is 14.0 Å². The maximum absolute atomic E-state index is 12.5. The van der Waals surface area contributed by atoms with E-state index in [-0.39, 0.29) is 31.3 Å². The van der Waals surface area contributed by atoms with Crippen LogP contribution in [0.25, 0.3) is 11.1 Å². The zero-order valence-corrected chi connectivity index (χ0v) is 22.6. The van der Waals surface area contributed by atoms with Crippen molar-refractivity contribution in [2.24, 2.45) is 4.99 Å². The number of ether oxygens (including phenoxy) is 3. The average molecular weight is 526 g/mol. The molecular formula is C29H37N2O7-. The fraction of sp³-hybridized carbons (Fsp3) is 0.414. The van der Waals surface area contributed by atoms with Gasteiger partial charge in [0.05, 0.1) is 44.6 Å². The Labute approximate surface area is 224 Å². The monoisotopic (exact) mass is 525 g/mol. The van der Waals surface area contributed by atoms with Gasteiger partial charge < -0.3 is 29.7 Å². The van der Waals surface area contributed by atoms with Crippen LogP contribution in [0.5, 0.6) is 0 Å². The van der Waals surface area contributed by atoms with Crippen LogP contribution >= 0.6 is 0 Å². The van der Waals surface area contributed by atoms with Crippen molar-refractivity contribution in [3.8, 4) is 11.1 Å². The quantitative estimate of drug-likeness (QED) is 0.198. The highest BCUT2D eigenvalue weighted by atomic mass is 16.6. The SMILES string of the molecule is C=C(C)OC.COC(=O)C[C@H](CN[C@H](C(C)=O)C(C)O)N=C([O-])OCC1c2ccccc2-c2ccccc21. The van der Waals surface area contributed by atoms with Crippen LogP contribution in [0.15, 0.2) is 65.9 Å². The summed E-state index contributed by atoms with van der Waals surface area (Å²) in [6, 6.07) is 14.4. The molecule has 38 heavy (non-hydrogen) atoms. The van der Waals surface area contributed by atoms with Crippen LogP contribution < -0.4 is 10.4 Å². The van der Waals surface area contributed by atoms with Gasteiger partial charge in [-0.15, -0.1) is 0 Å². The molecule has 0 aromatic heterocycles. The number of hydrogen-bond donors (Lipinski definition) is 2. The number of esters is 1. The number of ketones is 1. The number of allylic oxidation sites excluding steroid dienone is 1. The molecule has 0 saturated heterocycles. The number of methoxy groups -OCH3 is 2. The number of hydrogen-bond acceptors (Lipinski definition) is 9. The van der Waals surface area contributed by atoms with Crippen molar-refractivity contribution >= 4 is 17.8 Å². The average Bonchev–Trinajstić information content (AvgIpc) is 3.21. The molecule has 0 amide bonds. The standard InChI is InChI=1S/C25H30N2O6.C4H8O/c1-15(28)24(16(2)29)26-13-17(12-23(30)32-3)27-25(31)33-14-22-20-10-6-4-8-18(20)19-9-5-7-11-21(19)22;1-4(2)5-3/h4-11,15,17,22,24,26,28H,12-14H2,1-3H3,(H,27,31);1H2,2-3H3/p-1/t15?,17-,24+;/m1./s1. The van der Waals surface area contributed by atoms with Crippen molar-refractivity contribution in [3.05, 3.63) is 72.0 Å². The Bertz CT molecular complexity index is 1080. The normalized spacial score (nSPS) is 14.6. The Balaban J connectivity index is 0.000000926.